The van der Waals surface area contributed by atoms with E-state index in [1.807, 2.05) is 48.7 Å². The molecule has 3 rings (SSSR count). The number of nitrogens with zero attached hydrogens (tertiary/aromatic N) is 2. The van der Waals surface area contributed by atoms with E-state index in [9.17, 15) is 0 Å². The van der Waals surface area contributed by atoms with Crippen LogP contribution in [0.3, 0.4) is 0 Å². The predicted octanol–water partition coefficient (Wildman–Crippen LogP) is 2.64. The molecule has 1 heterocycles. The second-order valence-electron chi connectivity index (χ2n) is 5.05. The van der Waals surface area contributed by atoms with Gasteiger partial charge in [0.2, 0.25) is 6.35 Å². The van der Waals surface area contributed by atoms with E-state index < -0.39 is 6.35 Å². The molecule has 0 aromatic heterocycles. The molecule has 2 N–H and O–H groups in total. The lowest BCUT2D eigenvalue weighted by atomic mass is 10.1. The van der Waals surface area contributed by atoms with Crippen molar-refractivity contribution in [1.82, 2.24) is 0 Å². The zero-order valence-corrected chi connectivity index (χ0v) is 12.1. The van der Waals surface area contributed by atoms with Crippen molar-refractivity contribution in [2.45, 2.75) is 12.9 Å². The summed E-state index contributed by atoms with van der Waals surface area (Å²) in [5, 5.41) is 0. The standard InChI is InChI=1S/C18H17N3O/c1-2-10-22-18-20-12-15-7-3-4-9-17(15)21(18)13-14-6-5-8-16(19)11-14/h1,3-9,11-12,18H,10,13,19H2. The van der Waals surface area contributed by atoms with E-state index in [1.165, 1.54) is 0 Å². The number of hydrogen-bond acceptors (Lipinski definition) is 4. The van der Waals surface area contributed by atoms with Crippen LogP contribution < -0.4 is 10.6 Å². The molecule has 2 aromatic rings. The molecule has 0 fully saturated rings. The van der Waals surface area contributed by atoms with Gasteiger partial charge in [0, 0.05) is 29.7 Å². The first kappa shape index (κ1) is 14.2. The third-order valence-electron chi connectivity index (χ3n) is 3.47. The van der Waals surface area contributed by atoms with Gasteiger partial charge in [0.15, 0.2) is 0 Å². The molecule has 1 aliphatic rings. The minimum Gasteiger partial charge on any atom is -0.399 e. The molecule has 22 heavy (non-hydrogen) atoms. The second-order valence-corrected chi connectivity index (χ2v) is 5.05. The molecule has 2 aromatic carbocycles. The van der Waals surface area contributed by atoms with Crippen LogP contribution in [-0.2, 0) is 11.3 Å². The van der Waals surface area contributed by atoms with Gasteiger partial charge < -0.3 is 15.4 Å². The van der Waals surface area contributed by atoms with Gasteiger partial charge in [-0.15, -0.1) is 6.42 Å². The Balaban J connectivity index is 1.92. The fraction of sp³-hybridized carbons (Fsp3) is 0.167. The monoisotopic (exact) mass is 291 g/mol. The molecule has 1 atom stereocenters. The number of nitrogens with two attached hydrogens (primary N) is 1. The largest absolute Gasteiger partial charge is 0.399 e. The van der Waals surface area contributed by atoms with E-state index in [-0.39, 0.29) is 6.61 Å². The Morgan fingerprint density at radius 3 is 2.91 bits per heavy atom. The van der Waals surface area contributed by atoms with Gasteiger partial charge in [0.1, 0.15) is 6.61 Å². The van der Waals surface area contributed by atoms with E-state index in [2.05, 4.69) is 21.9 Å². The highest BCUT2D eigenvalue weighted by Crippen LogP contribution is 2.28. The number of terminal acetylenes is 1. The smallest absolute Gasteiger partial charge is 0.229 e. The maximum Gasteiger partial charge on any atom is 0.229 e. The SMILES string of the molecule is C#CCOC1N=Cc2ccccc2N1Cc1cccc(N)c1. The van der Waals surface area contributed by atoms with Crippen LogP contribution in [0.2, 0.25) is 0 Å². The number of rotatable bonds is 4. The van der Waals surface area contributed by atoms with Crippen molar-refractivity contribution in [3.63, 3.8) is 0 Å². The van der Waals surface area contributed by atoms with Gasteiger partial charge in [-0.2, -0.15) is 0 Å². The number of benzene rings is 2. The predicted molar refractivity (Wildman–Crippen MR) is 89.6 cm³/mol. The number of anilines is 2. The third-order valence-corrected chi connectivity index (χ3v) is 3.47. The molecular formula is C18H17N3O. The van der Waals surface area contributed by atoms with Crippen LogP contribution in [0.15, 0.2) is 53.5 Å². The Bertz CT molecular complexity index is 733. The lowest BCUT2D eigenvalue weighted by molar-refractivity contribution is 0.0799. The Morgan fingerprint density at radius 1 is 1.23 bits per heavy atom. The van der Waals surface area contributed by atoms with E-state index in [4.69, 9.17) is 16.9 Å². The molecule has 0 spiro atoms. The zero-order chi connectivity index (χ0) is 15.4. The van der Waals surface area contributed by atoms with E-state index in [1.54, 1.807) is 0 Å². The summed E-state index contributed by atoms with van der Waals surface area (Å²) < 4.78 is 5.66. The van der Waals surface area contributed by atoms with E-state index in [0.717, 1.165) is 22.5 Å². The van der Waals surface area contributed by atoms with Crippen molar-refractivity contribution in [2.24, 2.45) is 4.99 Å². The molecule has 0 bridgehead atoms. The van der Waals surface area contributed by atoms with Crippen molar-refractivity contribution in [3.8, 4) is 12.3 Å². The minimum absolute atomic E-state index is 0.220. The average Bonchev–Trinajstić information content (AvgIpc) is 2.54. The van der Waals surface area contributed by atoms with Gasteiger partial charge in [-0.05, 0) is 23.8 Å². The maximum absolute atomic E-state index is 5.87. The lowest BCUT2D eigenvalue weighted by Gasteiger charge is -2.34. The third kappa shape index (κ3) is 2.95. The number of para-hydroxylation sites is 1. The van der Waals surface area contributed by atoms with Crippen LogP contribution in [0.25, 0.3) is 0 Å². The summed E-state index contributed by atoms with van der Waals surface area (Å²) in [6, 6.07) is 15.9. The van der Waals surface area contributed by atoms with Gasteiger partial charge in [0.05, 0.1) is 0 Å². The first-order valence-corrected chi connectivity index (χ1v) is 7.06. The van der Waals surface area contributed by atoms with Gasteiger partial charge in [-0.3, -0.25) is 0 Å². The summed E-state index contributed by atoms with van der Waals surface area (Å²) in [5.74, 6) is 2.49. The Labute approximate surface area is 130 Å². The van der Waals surface area contributed by atoms with Gasteiger partial charge >= 0.3 is 0 Å². The summed E-state index contributed by atoms with van der Waals surface area (Å²) >= 11 is 0. The number of hydrogen-bond donors (Lipinski definition) is 1. The molecule has 110 valence electrons. The number of nitrogen functional groups attached to an aromatic ring is 1. The lowest BCUT2D eigenvalue weighted by Crippen LogP contribution is -2.38. The highest BCUT2D eigenvalue weighted by molar-refractivity contribution is 5.90. The molecule has 0 saturated carbocycles. The first-order valence-electron chi connectivity index (χ1n) is 7.06. The summed E-state index contributed by atoms with van der Waals surface area (Å²) in [6.45, 7) is 0.867. The first-order chi connectivity index (χ1) is 10.8. The second kappa shape index (κ2) is 6.33. The fourth-order valence-corrected chi connectivity index (χ4v) is 2.51. The van der Waals surface area contributed by atoms with Crippen LogP contribution in [0.1, 0.15) is 11.1 Å². The molecule has 0 saturated heterocycles. The molecule has 4 nitrogen and oxygen atoms in total. The fourth-order valence-electron chi connectivity index (χ4n) is 2.51. The van der Waals surface area contributed by atoms with Crippen LogP contribution in [0.4, 0.5) is 11.4 Å². The van der Waals surface area contributed by atoms with Crippen molar-refractivity contribution in [1.29, 1.82) is 0 Å². The Kier molecular flexibility index (Phi) is 4.08. The van der Waals surface area contributed by atoms with Crippen molar-refractivity contribution in [2.75, 3.05) is 17.2 Å². The highest BCUT2D eigenvalue weighted by Gasteiger charge is 2.24. The van der Waals surface area contributed by atoms with Crippen LogP contribution in [0, 0.1) is 12.3 Å². The van der Waals surface area contributed by atoms with Gasteiger partial charge in [-0.1, -0.05) is 36.3 Å². The topological polar surface area (TPSA) is 50.8 Å². The summed E-state index contributed by atoms with van der Waals surface area (Å²) in [5.41, 5.74) is 9.84. The summed E-state index contributed by atoms with van der Waals surface area (Å²) in [7, 11) is 0. The summed E-state index contributed by atoms with van der Waals surface area (Å²) in [6.07, 6.45) is 6.70. The van der Waals surface area contributed by atoms with Crippen LogP contribution in [0.5, 0.6) is 0 Å². The molecular weight excluding hydrogens is 274 g/mol. The molecule has 0 radical (unpaired) electrons. The van der Waals surface area contributed by atoms with E-state index >= 15 is 0 Å². The minimum atomic E-state index is -0.424. The Morgan fingerprint density at radius 2 is 2.09 bits per heavy atom. The average molecular weight is 291 g/mol. The maximum atomic E-state index is 5.87. The molecule has 1 aliphatic heterocycles. The van der Waals surface area contributed by atoms with Crippen molar-refractivity contribution < 1.29 is 4.74 Å². The van der Waals surface area contributed by atoms with Crippen molar-refractivity contribution >= 4 is 17.6 Å². The normalized spacial score (nSPS) is 16.1. The molecule has 4 heteroatoms. The van der Waals surface area contributed by atoms with Gasteiger partial charge in [-0.25, -0.2) is 4.99 Å². The Hall–Kier alpha value is -2.77. The zero-order valence-electron chi connectivity index (χ0n) is 12.1. The number of fused-ring (bicyclic) bond motifs is 1. The molecule has 0 aliphatic carbocycles. The van der Waals surface area contributed by atoms with Crippen LogP contribution in [-0.4, -0.2) is 19.2 Å². The quantitative estimate of drug-likeness (QED) is 0.696. The number of ether oxygens (including phenoxy) is 1. The molecule has 0 amide bonds. The van der Waals surface area contributed by atoms with Crippen molar-refractivity contribution in [3.05, 3.63) is 59.7 Å². The number of aliphatic imine (C=N–C) groups is 1. The van der Waals surface area contributed by atoms with E-state index in [0.29, 0.717) is 6.54 Å². The highest BCUT2D eigenvalue weighted by atomic mass is 16.5. The molecule has 1 unspecified atom stereocenters. The summed E-state index contributed by atoms with van der Waals surface area (Å²) in [4.78, 5) is 6.54. The van der Waals surface area contributed by atoms with Gasteiger partial charge in [0.25, 0.3) is 0 Å². The van der Waals surface area contributed by atoms with Crippen LogP contribution >= 0.6 is 0 Å².